The van der Waals surface area contributed by atoms with Crippen LogP contribution in [0.5, 0.6) is 23.0 Å². The summed E-state index contributed by atoms with van der Waals surface area (Å²) in [5, 5.41) is 30.8. The predicted octanol–water partition coefficient (Wildman–Crippen LogP) is 5.31. The summed E-state index contributed by atoms with van der Waals surface area (Å²) in [5.41, 5.74) is 2.47. The molecule has 8 nitrogen and oxygen atoms in total. The summed E-state index contributed by atoms with van der Waals surface area (Å²) in [4.78, 5) is 18.6. The van der Waals surface area contributed by atoms with Crippen LogP contribution in [-0.4, -0.2) is 54.9 Å². The van der Waals surface area contributed by atoms with Gasteiger partial charge in [0, 0.05) is 57.7 Å². The number of carbonyl (C=O) groups is 1. The fraction of sp³-hybridized carbons (Fsp3) is 0.531. The molecule has 2 aromatic rings. The van der Waals surface area contributed by atoms with Gasteiger partial charge in [0.25, 0.3) is 0 Å². The van der Waals surface area contributed by atoms with Crippen LogP contribution >= 0.6 is 0 Å². The summed E-state index contributed by atoms with van der Waals surface area (Å²) < 4.78 is 11.0. The van der Waals surface area contributed by atoms with Crippen LogP contribution < -0.4 is 14.6 Å². The van der Waals surface area contributed by atoms with E-state index in [-0.39, 0.29) is 51.5 Å². The molecule has 1 aliphatic carbocycles. The van der Waals surface area contributed by atoms with E-state index in [2.05, 4.69) is 41.5 Å². The van der Waals surface area contributed by atoms with Gasteiger partial charge in [-0.15, -0.1) is 0 Å². The fourth-order valence-corrected chi connectivity index (χ4v) is 4.63. The zero-order chi connectivity index (χ0) is 30.3. The number of carboxylic acid groups (broad SMARTS) is 1. The van der Waals surface area contributed by atoms with Crippen LogP contribution in [0, 0.1) is 0 Å². The Morgan fingerprint density at radius 1 is 0.805 bits per heavy atom. The summed E-state index contributed by atoms with van der Waals surface area (Å²) >= 11 is 0. The van der Waals surface area contributed by atoms with Gasteiger partial charge in [-0.25, -0.2) is 0 Å². The van der Waals surface area contributed by atoms with Gasteiger partial charge >= 0.3 is 0 Å². The molecule has 41 heavy (non-hydrogen) atoms. The molecule has 1 radical (unpaired) electrons. The number of methoxy groups -OCH3 is 2. The molecule has 0 heterocycles. The normalized spacial score (nSPS) is 17.5. The summed E-state index contributed by atoms with van der Waals surface area (Å²) in [6.45, 7) is 13.3. The Hall–Kier alpha value is -3.03. The fourth-order valence-electron chi connectivity index (χ4n) is 4.63. The molecule has 0 spiro atoms. The van der Waals surface area contributed by atoms with E-state index >= 15 is 0 Å². The van der Waals surface area contributed by atoms with Crippen molar-refractivity contribution in [2.75, 3.05) is 14.2 Å². The van der Waals surface area contributed by atoms with Crippen LogP contribution in [-0.2, 0) is 32.7 Å². The molecule has 0 saturated heterocycles. The number of phenolic OH excluding ortho intramolecular Hbond substituents is 2. The van der Waals surface area contributed by atoms with E-state index < -0.39 is 5.97 Å². The number of rotatable bonds is 6. The molecule has 1 saturated carbocycles. The van der Waals surface area contributed by atoms with Gasteiger partial charge in [-0.3, -0.25) is 9.98 Å². The second kappa shape index (κ2) is 15.3. The number of benzene rings is 2. The smallest absolute Gasteiger partial charge is 0.128 e. The van der Waals surface area contributed by atoms with Gasteiger partial charge in [-0.1, -0.05) is 54.4 Å². The molecule has 2 atom stereocenters. The van der Waals surface area contributed by atoms with Crippen molar-refractivity contribution in [1.82, 2.24) is 0 Å². The molecule has 0 aromatic heterocycles. The first-order valence-corrected chi connectivity index (χ1v) is 13.6. The SMILES string of the molecule is CC(=O)[O-].COc1cc(C=N[C@@H]2CCCC[C@H]2N=Cc2cc(OC)cc(C(C)(C)C)c2O)c(O)c(C(C)(C)C)c1.[Mn]. The van der Waals surface area contributed by atoms with Gasteiger partial charge < -0.3 is 29.6 Å². The molecule has 227 valence electrons. The number of carbonyl (C=O) groups excluding carboxylic acids is 1. The molecule has 1 aliphatic rings. The topological polar surface area (TPSA) is 124 Å². The van der Waals surface area contributed by atoms with E-state index in [1.54, 1.807) is 26.6 Å². The standard InChI is InChI=1S/C30H42N2O4.C2H4O2.Mn/c1-29(2,3)23-15-21(35-7)13-19(27(23)33)17-31-25-11-9-10-12-26(25)32-18-20-14-22(36-8)16-24(28(20)34)30(4,5)6;1-2(3)4;/h13-18,25-26,33-34H,9-12H2,1-8H3;1H3,(H,3,4);/p-1/t25-,26-;;/m1../s1. The third-order valence-electron chi connectivity index (χ3n) is 6.82. The summed E-state index contributed by atoms with van der Waals surface area (Å²) in [6.07, 6.45) is 7.53. The van der Waals surface area contributed by atoms with Crippen LogP contribution in [0.2, 0.25) is 0 Å². The van der Waals surface area contributed by atoms with E-state index in [0.29, 0.717) is 22.6 Å². The number of aliphatic imine (C=N–C) groups is 2. The first-order valence-electron chi connectivity index (χ1n) is 13.6. The van der Waals surface area contributed by atoms with Crippen molar-refractivity contribution in [3.63, 3.8) is 0 Å². The van der Waals surface area contributed by atoms with Crippen molar-refractivity contribution in [1.29, 1.82) is 0 Å². The van der Waals surface area contributed by atoms with Gasteiger partial charge in [0.2, 0.25) is 0 Å². The Balaban J connectivity index is 0.00000157. The predicted molar refractivity (Wildman–Crippen MR) is 159 cm³/mol. The Labute approximate surface area is 255 Å². The van der Waals surface area contributed by atoms with Crippen LogP contribution in [0.3, 0.4) is 0 Å². The maximum atomic E-state index is 10.9. The van der Waals surface area contributed by atoms with Gasteiger partial charge in [0.05, 0.1) is 26.3 Å². The second-order valence-electron chi connectivity index (χ2n) is 12.2. The molecular weight excluding hydrogens is 563 g/mol. The van der Waals surface area contributed by atoms with E-state index in [1.807, 2.05) is 24.3 Å². The Morgan fingerprint density at radius 2 is 1.12 bits per heavy atom. The van der Waals surface area contributed by atoms with Crippen molar-refractivity contribution in [3.05, 3.63) is 46.5 Å². The van der Waals surface area contributed by atoms with Crippen LogP contribution in [0.4, 0.5) is 0 Å². The summed E-state index contributed by atoms with van der Waals surface area (Å²) in [5.74, 6) is 0.777. The first kappa shape index (κ1) is 36.0. The number of nitrogens with zero attached hydrogens (tertiary/aromatic N) is 2. The first-order chi connectivity index (χ1) is 18.6. The average Bonchev–Trinajstić information content (AvgIpc) is 2.86. The minimum Gasteiger partial charge on any atom is -0.550 e. The average molecular weight is 609 g/mol. The minimum absolute atomic E-state index is 0. The third kappa shape index (κ3) is 10.4. The Kier molecular flexibility index (Phi) is 13.4. The maximum Gasteiger partial charge on any atom is 0.128 e. The molecule has 0 aliphatic heterocycles. The van der Waals surface area contributed by atoms with E-state index in [4.69, 9.17) is 29.4 Å². The van der Waals surface area contributed by atoms with Crippen molar-refractivity contribution in [2.45, 2.75) is 97.1 Å². The number of carboxylic acids is 1. The second-order valence-corrected chi connectivity index (χ2v) is 12.2. The van der Waals surface area contributed by atoms with E-state index in [1.165, 1.54) is 0 Å². The molecule has 0 bridgehead atoms. The molecule has 2 aromatic carbocycles. The van der Waals surface area contributed by atoms with E-state index in [9.17, 15) is 10.2 Å². The van der Waals surface area contributed by atoms with Crippen LogP contribution in [0.25, 0.3) is 0 Å². The van der Waals surface area contributed by atoms with Crippen molar-refractivity contribution in [2.24, 2.45) is 9.98 Å². The summed E-state index contributed by atoms with van der Waals surface area (Å²) in [7, 11) is 3.26. The zero-order valence-electron chi connectivity index (χ0n) is 25.7. The number of ether oxygens (including phenoxy) is 2. The largest absolute Gasteiger partial charge is 0.550 e. The molecule has 2 N–H and O–H groups in total. The Morgan fingerprint density at radius 3 is 1.39 bits per heavy atom. The molecule has 3 rings (SSSR count). The minimum atomic E-state index is -1.08. The Bertz CT molecular complexity index is 1130. The number of phenols is 2. The monoisotopic (exact) mass is 608 g/mol. The quantitative estimate of drug-likeness (QED) is 0.338. The van der Waals surface area contributed by atoms with Gasteiger partial charge in [0.1, 0.15) is 23.0 Å². The molecular formula is C32H45MnN2O6-. The number of aliphatic carboxylic acids is 1. The van der Waals surface area contributed by atoms with Crippen LogP contribution in [0.15, 0.2) is 34.3 Å². The van der Waals surface area contributed by atoms with Crippen LogP contribution in [0.1, 0.15) is 96.4 Å². The van der Waals surface area contributed by atoms with Gasteiger partial charge in [0.15, 0.2) is 0 Å². The molecule has 1 fully saturated rings. The van der Waals surface area contributed by atoms with E-state index in [0.717, 1.165) is 43.7 Å². The molecule has 0 amide bonds. The maximum absolute atomic E-state index is 10.9. The third-order valence-corrected chi connectivity index (χ3v) is 6.82. The summed E-state index contributed by atoms with van der Waals surface area (Å²) in [6, 6.07) is 7.39. The molecule has 0 unspecified atom stereocenters. The van der Waals surface area contributed by atoms with Crippen molar-refractivity contribution < 1.29 is 46.7 Å². The number of hydrogen-bond donors (Lipinski definition) is 2. The molecule has 9 heteroatoms. The van der Waals surface area contributed by atoms with Crippen molar-refractivity contribution >= 4 is 18.4 Å². The van der Waals surface area contributed by atoms with Crippen molar-refractivity contribution in [3.8, 4) is 23.0 Å². The number of aromatic hydroxyl groups is 2. The van der Waals surface area contributed by atoms with Gasteiger partial charge in [-0.2, -0.15) is 0 Å². The zero-order valence-corrected chi connectivity index (χ0v) is 26.9. The number of hydrogen-bond acceptors (Lipinski definition) is 8. The van der Waals surface area contributed by atoms with Gasteiger partial charge in [-0.05, 0) is 54.9 Å².